The average molecular weight is 345 g/mol. The van der Waals surface area contributed by atoms with Gasteiger partial charge in [0, 0.05) is 6.42 Å². The normalized spacial score (nSPS) is 25.8. The molecule has 6 heteroatoms. The Labute approximate surface area is 147 Å². The predicted molar refractivity (Wildman–Crippen MR) is 89.0 cm³/mol. The molecule has 1 aliphatic heterocycles. The van der Waals surface area contributed by atoms with Crippen LogP contribution in [-0.4, -0.2) is 35.4 Å². The Kier molecular flexibility index (Phi) is 5.48. The lowest BCUT2D eigenvalue weighted by Crippen LogP contribution is -2.39. The topological polar surface area (TPSA) is 72.9 Å². The first-order chi connectivity index (χ1) is 12.1. The van der Waals surface area contributed by atoms with Gasteiger partial charge in [-0.25, -0.2) is 5.06 Å². The lowest BCUT2D eigenvalue weighted by atomic mass is 9.77. The van der Waals surface area contributed by atoms with E-state index in [1.54, 1.807) is 6.92 Å². The first-order valence-electron chi connectivity index (χ1n) is 8.80. The second-order valence-corrected chi connectivity index (χ2v) is 6.49. The van der Waals surface area contributed by atoms with Crippen LogP contribution in [0.4, 0.5) is 0 Å². The number of nitrogens with zero attached hydrogens (tertiary/aromatic N) is 1. The van der Waals surface area contributed by atoms with Crippen molar-refractivity contribution in [1.29, 1.82) is 0 Å². The quantitative estimate of drug-likeness (QED) is 0.740. The fourth-order valence-corrected chi connectivity index (χ4v) is 3.77. The summed E-state index contributed by atoms with van der Waals surface area (Å²) in [7, 11) is 0. The van der Waals surface area contributed by atoms with Gasteiger partial charge in [-0.1, -0.05) is 30.3 Å². The molecule has 1 aliphatic carbocycles. The third-order valence-corrected chi connectivity index (χ3v) is 4.88. The van der Waals surface area contributed by atoms with Crippen molar-refractivity contribution in [1.82, 2.24) is 5.06 Å². The van der Waals surface area contributed by atoms with Crippen molar-refractivity contribution in [3.8, 4) is 0 Å². The maximum Gasteiger partial charge on any atom is 0.306 e. The minimum absolute atomic E-state index is 0.0460. The van der Waals surface area contributed by atoms with Gasteiger partial charge in [-0.2, -0.15) is 0 Å². The maximum absolute atomic E-state index is 12.8. The molecule has 3 atom stereocenters. The van der Waals surface area contributed by atoms with Crippen molar-refractivity contribution < 1.29 is 24.0 Å². The van der Waals surface area contributed by atoms with Crippen molar-refractivity contribution in [2.75, 3.05) is 6.61 Å². The van der Waals surface area contributed by atoms with Gasteiger partial charge in [0.1, 0.15) is 12.4 Å². The molecule has 0 unspecified atom stereocenters. The number of esters is 1. The third kappa shape index (κ3) is 3.74. The third-order valence-electron chi connectivity index (χ3n) is 4.88. The summed E-state index contributed by atoms with van der Waals surface area (Å²) in [5.41, 5.74) is 0.947. The highest BCUT2D eigenvalue weighted by Gasteiger charge is 2.53. The molecule has 1 saturated carbocycles. The number of ether oxygens (including phenoxy) is 1. The molecule has 6 nitrogen and oxygen atoms in total. The molecule has 1 heterocycles. The molecule has 1 amide bonds. The molecular weight excluding hydrogens is 322 g/mol. The molecular formula is C19H23NO5. The zero-order valence-electron chi connectivity index (χ0n) is 14.3. The standard InChI is InChI=1S/C19H23NO5/c1-2-24-17(22)11-14-18-15(9-6-10-16(18)21)20(19(14)23)25-12-13-7-4-3-5-8-13/h3-5,7-8,14-15,18H,2,6,9-12H2,1H3/t14-,15-,18-/m0/s1. The van der Waals surface area contributed by atoms with Crippen LogP contribution >= 0.6 is 0 Å². The number of ketones is 1. The van der Waals surface area contributed by atoms with Gasteiger partial charge in [0.25, 0.3) is 5.91 Å². The molecule has 3 rings (SSSR count). The Hall–Kier alpha value is -2.21. The van der Waals surface area contributed by atoms with Crippen molar-refractivity contribution in [3.63, 3.8) is 0 Å². The number of rotatable bonds is 6. The van der Waals surface area contributed by atoms with Crippen molar-refractivity contribution in [2.45, 2.75) is 45.3 Å². The summed E-state index contributed by atoms with van der Waals surface area (Å²) in [6.45, 7) is 2.24. The molecule has 2 aliphatic rings. The van der Waals surface area contributed by atoms with Crippen LogP contribution in [0, 0.1) is 11.8 Å². The van der Waals surface area contributed by atoms with Crippen LogP contribution in [0.25, 0.3) is 0 Å². The first-order valence-corrected chi connectivity index (χ1v) is 8.80. The van der Waals surface area contributed by atoms with E-state index in [1.165, 1.54) is 5.06 Å². The van der Waals surface area contributed by atoms with E-state index in [9.17, 15) is 14.4 Å². The zero-order valence-corrected chi connectivity index (χ0v) is 14.3. The van der Waals surface area contributed by atoms with E-state index in [2.05, 4.69) is 0 Å². The molecule has 1 saturated heterocycles. The van der Waals surface area contributed by atoms with Gasteiger partial charge in [-0.15, -0.1) is 0 Å². The summed E-state index contributed by atoms with van der Waals surface area (Å²) < 4.78 is 4.97. The van der Waals surface area contributed by atoms with E-state index in [-0.39, 0.29) is 37.4 Å². The summed E-state index contributed by atoms with van der Waals surface area (Å²) in [6.07, 6.45) is 1.85. The molecule has 1 aromatic carbocycles. The van der Waals surface area contributed by atoms with Crippen LogP contribution in [0.15, 0.2) is 30.3 Å². The first kappa shape index (κ1) is 17.6. The highest BCUT2D eigenvalue weighted by Crippen LogP contribution is 2.41. The van der Waals surface area contributed by atoms with E-state index in [1.807, 2.05) is 30.3 Å². The SMILES string of the molecule is CCOC(=O)C[C@@H]1C(=O)N(OCc2ccccc2)[C@H]2CCCC(=O)[C@@H]12. The molecule has 25 heavy (non-hydrogen) atoms. The fourth-order valence-electron chi connectivity index (χ4n) is 3.77. The highest BCUT2D eigenvalue weighted by atomic mass is 16.7. The Morgan fingerprint density at radius 2 is 2.00 bits per heavy atom. The summed E-state index contributed by atoms with van der Waals surface area (Å²) in [5.74, 6) is -1.82. The molecule has 0 spiro atoms. The lowest BCUT2D eigenvalue weighted by molar-refractivity contribution is -0.199. The molecule has 134 valence electrons. The van der Waals surface area contributed by atoms with E-state index in [0.29, 0.717) is 6.42 Å². The largest absolute Gasteiger partial charge is 0.466 e. The predicted octanol–water partition coefficient (Wildman–Crippen LogP) is 2.27. The van der Waals surface area contributed by atoms with Gasteiger partial charge in [0.2, 0.25) is 0 Å². The van der Waals surface area contributed by atoms with Crippen LogP contribution in [0.5, 0.6) is 0 Å². The zero-order chi connectivity index (χ0) is 17.8. The second-order valence-electron chi connectivity index (χ2n) is 6.49. The highest BCUT2D eigenvalue weighted by molar-refractivity contribution is 5.95. The van der Waals surface area contributed by atoms with Gasteiger partial charge in [-0.3, -0.25) is 19.2 Å². The smallest absolute Gasteiger partial charge is 0.306 e. The van der Waals surface area contributed by atoms with Gasteiger partial charge in [-0.05, 0) is 25.3 Å². The molecule has 0 radical (unpaired) electrons. The molecule has 0 bridgehead atoms. The van der Waals surface area contributed by atoms with E-state index in [4.69, 9.17) is 9.57 Å². The van der Waals surface area contributed by atoms with E-state index in [0.717, 1.165) is 18.4 Å². The summed E-state index contributed by atoms with van der Waals surface area (Å²) >= 11 is 0. The Bertz CT molecular complexity index is 644. The van der Waals surface area contributed by atoms with Gasteiger partial charge in [0.15, 0.2) is 0 Å². The Morgan fingerprint density at radius 1 is 1.24 bits per heavy atom. The van der Waals surface area contributed by atoms with Gasteiger partial charge in [0.05, 0.1) is 30.9 Å². The van der Waals surface area contributed by atoms with Crippen LogP contribution < -0.4 is 0 Å². The van der Waals surface area contributed by atoms with Crippen LogP contribution in [0.2, 0.25) is 0 Å². The number of fused-ring (bicyclic) bond motifs is 1. The van der Waals surface area contributed by atoms with Crippen LogP contribution in [0.3, 0.4) is 0 Å². The van der Waals surface area contributed by atoms with Gasteiger partial charge < -0.3 is 4.74 Å². The minimum Gasteiger partial charge on any atom is -0.466 e. The van der Waals surface area contributed by atoms with E-state index < -0.39 is 17.8 Å². The molecule has 0 aromatic heterocycles. The molecule has 1 aromatic rings. The number of carbonyl (C=O) groups excluding carboxylic acids is 3. The monoisotopic (exact) mass is 345 g/mol. The van der Waals surface area contributed by atoms with Gasteiger partial charge >= 0.3 is 5.97 Å². The summed E-state index contributed by atoms with van der Waals surface area (Å²) in [4.78, 5) is 42.9. The summed E-state index contributed by atoms with van der Waals surface area (Å²) in [5, 5.41) is 1.35. The number of benzene rings is 1. The second kappa shape index (κ2) is 7.78. The maximum atomic E-state index is 12.8. The number of amides is 1. The number of carbonyl (C=O) groups is 3. The molecule has 0 N–H and O–H groups in total. The number of hydrogen-bond acceptors (Lipinski definition) is 5. The van der Waals surface area contributed by atoms with Crippen molar-refractivity contribution in [3.05, 3.63) is 35.9 Å². The lowest BCUT2D eigenvalue weighted by Gasteiger charge is -2.30. The molecule has 2 fully saturated rings. The van der Waals surface area contributed by atoms with E-state index >= 15 is 0 Å². The van der Waals surface area contributed by atoms with Crippen LogP contribution in [0.1, 0.15) is 38.2 Å². The number of hydroxylamine groups is 2. The minimum atomic E-state index is -0.673. The Morgan fingerprint density at radius 3 is 2.72 bits per heavy atom. The number of hydrogen-bond donors (Lipinski definition) is 0. The van der Waals surface area contributed by atoms with Crippen molar-refractivity contribution in [2.24, 2.45) is 11.8 Å². The fraction of sp³-hybridized carbons (Fsp3) is 0.526. The van der Waals surface area contributed by atoms with Crippen LogP contribution in [-0.2, 0) is 30.6 Å². The van der Waals surface area contributed by atoms with Crippen molar-refractivity contribution >= 4 is 17.7 Å². The Balaban J connectivity index is 1.75. The average Bonchev–Trinajstić information content (AvgIpc) is 2.87. The number of Topliss-reactive ketones (excluding diaryl/α,β-unsaturated/α-hetero) is 1. The summed E-state index contributed by atoms with van der Waals surface area (Å²) in [6, 6.07) is 9.27.